The maximum Gasteiger partial charge on any atom is 0.333 e. The number of rotatable bonds is 8. The Morgan fingerprint density at radius 2 is 1.88 bits per heavy atom. The summed E-state index contributed by atoms with van der Waals surface area (Å²) in [6, 6.07) is 5.81. The first kappa shape index (κ1) is 23.6. The van der Waals surface area contributed by atoms with Gasteiger partial charge in [0.2, 0.25) is 5.91 Å². The van der Waals surface area contributed by atoms with E-state index in [4.69, 9.17) is 10.5 Å². The van der Waals surface area contributed by atoms with Gasteiger partial charge < -0.3 is 20.7 Å². The zero-order valence-electron chi connectivity index (χ0n) is 19.1. The van der Waals surface area contributed by atoms with Gasteiger partial charge in [0, 0.05) is 25.3 Å². The number of unbranched alkanes of at least 4 members (excludes halogenated alkanes) is 1. The van der Waals surface area contributed by atoms with E-state index in [0.717, 1.165) is 40.6 Å². The summed E-state index contributed by atoms with van der Waals surface area (Å²) in [5.41, 5.74) is 8.11. The van der Waals surface area contributed by atoms with Crippen LogP contribution in [0.15, 0.2) is 27.8 Å². The van der Waals surface area contributed by atoms with E-state index in [0.29, 0.717) is 32.8 Å². The summed E-state index contributed by atoms with van der Waals surface area (Å²) in [5.74, 6) is -0.271. The fraction of sp³-hybridized carbons (Fsp3) is 0.522. The van der Waals surface area contributed by atoms with Gasteiger partial charge in [-0.05, 0) is 30.9 Å². The fourth-order valence-corrected chi connectivity index (χ4v) is 3.98. The van der Waals surface area contributed by atoms with Gasteiger partial charge in [-0.3, -0.25) is 14.2 Å². The highest BCUT2D eigenvalue weighted by Gasteiger charge is 2.24. The lowest BCUT2D eigenvalue weighted by Gasteiger charge is -2.30. The molecule has 2 heterocycles. The van der Waals surface area contributed by atoms with Crippen LogP contribution in [0.5, 0.6) is 0 Å². The number of ether oxygens (including phenoxy) is 1. The van der Waals surface area contributed by atoms with Crippen LogP contribution in [0.1, 0.15) is 37.8 Å². The van der Waals surface area contributed by atoms with Gasteiger partial charge in [0.1, 0.15) is 18.1 Å². The standard InChI is InChI=1S/C23H33N5O4/c1-4-6-10-27-21(24)20(26-11-13-32-14-12-26)22(30)28(23(27)31)15-18(29)25-19-16(3)8-7-9-17(19)5-2/h7-9H,4-6,10-15,24H2,1-3H3,(H,25,29). The van der Waals surface area contributed by atoms with Crippen LogP contribution in [0.25, 0.3) is 0 Å². The van der Waals surface area contributed by atoms with E-state index >= 15 is 0 Å². The number of carbonyl (C=O) groups is 1. The molecule has 0 bridgehead atoms. The van der Waals surface area contributed by atoms with Crippen LogP contribution in [0.4, 0.5) is 17.2 Å². The number of benzene rings is 1. The van der Waals surface area contributed by atoms with E-state index in [-0.39, 0.29) is 18.1 Å². The summed E-state index contributed by atoms with van der Waals surface area (Å²) in [5, 5.41) is 2.90. The minimum absolute atomic E-state index is 0.152. The molecule has 3 N–H and O–H groups in total. The van der Waals surface area contributed by atoms with Crippen LogP contribution >= 0.6 is 0 Å². The molecule has 2 aromatic rings. The molecule has 0 saturated carbocycles. The summed E-state index contributed by atoms with van der Waals surface area (Å²) in [4.78, 5) is 41.2. The number of nitrogens with one attached hydrogen (secondary N) is 1. The number of hydrogen-bond donors (Lipinski definition) is 2. The quantitative estimate of drug-likeness (QED) is 0.643. The third-order valence-electron chi connectivity index (χ3n) is 5.81. The summed E-state index contributed by atoms with van der Waals surface area (Å²) in [6.45, 7) is 7.90. The van der Waals surface area contributed by atoms with Gasteiger partial charge in [0.15, 0.2) is 0 Å². The highest BCUT2D eigenvalue weighted by Crippen LogP contribution is 2.21. The Bertz CT molecular complexity index is 1080. The van der Waals surface area contributed by atoms with Gasteiger partial charge in [0.05, 0.1) is 13.2 Å². The Balaban J connectivity index is 2.00. The third-order valence-corrected chi connectivity index (χ3v) is 5.81. The maximum atomic E-state index is 13.3. The third kappa shape index (κ3) is 4.88. The topological polar surface area (TPSA) is 112 Å². The second-order valence-electron chi connectivity index (χ2n) is 8.02. The normalized spacial score (nSPS) is 13.9. The van der Waals surface area contributed by atoms with Crippen molar-refractivity contribution in [3.63, 3.8) is 0 Å². The van der Waals surface area contributed by atoms with Crippen LogP contribution in [0.3, 0.4) is 0 Å². The van der Waals surface area contributed by atoms with Crippen molar-refractivity contribution < 1.29 is 9.53 Å². The van der Waals surface area contributed by atoms with Crippen LogP contribution in [-0.2, 0) is 29.0 Å². The Hall–Kier alpha value is -3.07. The highest BCUT2D eigenvalue weighted by molar-refractivity contribution is 5.92. The molecule has 0 aliphatic carbocycles. The number of nitrogens with two attached hydrogens (primary N) is 1. The van der Waals surface area contributed by atoms with E-state index in [1.165, 1.54) is 4.57 Å². The fourth-order valence-electron chi connectivity index (χ4n) is 3.98. The van der Waals surface area contributed by atoms with Crippen molar-refractivity contribution in [1.82, 2.24) is 9.13 Å². The second-order valence-corrected chi connectivity index (χ2v) is 8.02. The lowest BCUT2D eigenvalue weighted by molar-refractivity contribution is -0.116. The maximum absolute atomic E-state index is 13.3. The van der Waals surface area contributed by atoms with Gasteiger partial charge in [-0.1, -0.05) is 38.5 Å². The van der Waals surface area contributed by atoms with Crippen LogP contribution < -0.4 is 27.2 Å². The van der Waals surface area contributed by atoms with Crippen LogP contribution in [0.2, 0.25) is 0 Å². The molecule has 174 valence electrons. The second kappa shape index (κ2) is 10.5. The highest BCUT2D eigenvalue weighted by atomic mass is 16.5. The molecule has 1 fully saturated rings. The molecule has 0 unspecified atom stereocenters. The molecule has 32 heavy (non-hydrogen) atoms. The Labute approximate surface area is 187 Å². The van der Waals surface area contributed by atoms with Crippen molar-refractivity contribution in [3.8, 4) is 0 Å². The van der Waals surface area contributed by atoms with Crippen molar-refractivity contribution in [2.24, 2.45) is 0 Å². The minimum atomic E-state index is -0.561. The van der Waals surface area contributed by atoms with E-state index in [2.05, 4.69) is 5.32 Å². The van der Waals surface area contributed by atoms with Crippen molar-refractivity contribution in [3.05, 3.63) is 50.2 Å². The average molecular weight is 444 g/mol. The Kier molecular flexibility index (Phi) is 7.74. The lowest BCUT2D eigenvalue weighted by Crippen LogP contribution is -2.48. The molecule has 1 aliphatic rings. The number of para-hydroxylation sites is 1. The summed E-state index contributed by atoms with van der Waals surface area (Å²) < 4.78 is 7.80. The molecule has 0 atom stereocenters. The number of morpholine rings is 1. The lowest BCUT2D eigenvalue weighted by atomic mass is 10.1. The van der Waals surface area contributed by atoms with Gasteiger partial charge in [-0.2, -0.15) is 0 Å². The van der Waals surface area contributed by atoms with Gasteiger partial charge >= 0.3 is 5.69 Å². The van der Waals surface area contributed by atoms with E-state index in [9.17, 15) is 14.4 Å². The van der Waals surface area contributed by atoms with E-state index in [1.807, 2.05) is 43.9 Å². The summed E-state index contributed by atoms with van der Waals surface area (Å²) in [6.07, 6.45) is 2.36. The molecule has 1 aromatic carbocycles. The smallest absolute Gasteiger partial charge is 0.333 e. The number of amides is 1. The number of anilines is 3. The molecule has 1 saturated heterocycles. The van der Waals surface area contributed by atoms with Crippen molar-refractivity contribution in [1.29, 1.82) is 0 Å². The number of aromatic nitrogens is 2. The first-order chi connectivity index (χ1) is 15.4. The number of carbonyl (C=O) groups excluding carboxylic acids is 1. The molecular formula is C23H33N5O4. The van der Waals surface area contributed by atoms with Gasteiger partial charge in [-0.25, -0.2) is 9.36 Å². The molecule has 9 heteroatoms. The summed E-state index contributed by atoms with van der Waals surface area (Å²) >= 11 is 0. The van der Waals surface area contributed by atoms with Crippen molar-refractivity contribution in [2.45, 2.75) is 53.1 Å². The zero-order chi connectivity index (χ0) is 23.3. The monoisotopic (exact) mass is 443 g/mol. The molecule has 3 rings (SSSR count). The molecule has 0 radical (unpaired) electrons. The van der Waals surface area contributed by atoms with Crippen molar-refractivity contribution >= 4 is 23.1 Å². The summed E-state index contributed by atoms with van der Waals surface area (Å²) in [7, 11) is 0. The Morgan fingerprint density at radius 1 is 1.16 bits per heavy atom. The molecule has 0 spiro atoms. The van der Waals surface area contributed by atoms with Gasteiger partial charge in [-0.15, -0.1) is 0 Å². The molecule has 1 amide bonds. The molecule has 1 aliphatic heterocycles. The largest absolute Gasteiger partial charge is 0.383 e. The van der Waals surface area contributed by atoms with Gasteiger partial charge in [0.25, 0.3) is 5.56 Å². The molecular weight excluding hydrogens is 410 g/mol. The first-order valence-electron chi connectivity index (χ1n) is 11.2. The average Bonchev–Trinajstić information content (AvgIpc) is 2.79. The zero-order valence-corrected chi connectivity index (χ0v) is 19.1. The molecule has 9 nitrogen and oxygen atoms in total. The minimum Gasteiger partial charge on any atom is -0.383 e. The SMILES string of the molecule is CCCCn1c(N)c(N2CCOCC2)c(=O)n(CC(=O)Nc2c(C)cccc2CC)c1=O. The predicted octanol–water partition coefficient (Wildman–Crippen LogP) is 1.74. The van der Waals surface area contributed by atoms with Crippen LogP contribution in [-0.4, -0.2) is 41.3 Å². The first-order valence-corrected chi connectivity index (χ1v) is 11.2. The predicted molar refractivity (Wildman–Crippen MR) is 127 cm³/mol. The Morgan fingerprint density at radius 3 is 2.53 bits per heavy atom. The number of nitrogen functional groups attached to an aromatic ring is 1. The van der Waals surface area contributed by atoms with E-state index < -0.39 is 17.2 Å². The van der Waals surface area contributed by atoms with Crippen molar-refractivity contribution in [2.75, 3.05) is 42.3 Å². The van der Waals surface area contributed by atoms with E-state index in [1.54, 1.807) is 0 Å². The number of hydrogen-bond acceptors (Lipinski definition) is 6. The number of nitrogens with zero attached hydrogens (tertiary/aromatic N) is 3. The van der Waals surface area contributed by atoms with Crippen LogP contribution in [0, 0.1) is 6.92 Å². The molecule has 1 aromatic heterocycles. The number of aryl methyl sites for hydroxylation is 2.